The number of benzene rings is 1. The van der Waals surface area contributed by atoms with E-state index in [1.165, 1.54) is 0 Å². The molecule has 1 aromatic heterocycles. The molecule has 0 aliphatic rings. The van der Waals surface area contributed by atoms with Crippen molar-refractivity contribution in [3.63, 3.8) is 0 Å². The molecule has 1 amide bonds. The molecule has 0 aliphatic heterocycles. The molecule has 0 fully saturated rings. The Morgan fingerprint density at radius 3 is 2.71 bits per heavy atom. The molecule has 4 nitrogen and oxygen atoms in total. The maximum Gasteiger partial charge on any atom is 0.405 e. The van der Waals surface area contributed by atoms with Gasteiger partial charge in [-0.3, -0.25) is 4.79 Å². The minimum Gasteiger partial charge on any atom is -0.494 e. The summed E-state index contributed by atoms with van der Waals surface area (Å²) in [4.78, 5) is 11.8. The van der Waals surface area contributed by atoms with Crippen LogP contribution in [0, 0.1) is 6.92 Å². The maximum atomic E-state index is 12.1. The average Bonchev–Trinajstić information content (AvgIpc) is 2.73. The van der Waals surface area contributed by atoms with E-state index < -0.39 is 18.6 Å². The molecule has 0 saturated carbocycles. The Bertz CT molecular complexity index is 661. The van der Waals surface area contributed by atoms with Crippen LogP contribution in [0.2, 0.25) is 0 Å². The number of hydrogen-bond acceptors (Lipinski definition) is 3. The molecule has 0 bridgehead atoms. The number of halogens is 3. The summed E-state index contributed by atoms with van der Waals surface area (Å²) in [7, 11) is 0. The largest absolute Gasteiger partial charge is 0.494 e. The number of furan rings is 1. The Hall–Kier alpha value is -2.18. The zero-order chi connectivity index (χ0) is 15.6. The van der Waals surface area contributed by atoms with Crippen LogP contribution >= 0.6 is 0 Å². The predicted octanol–water partition coefficient (Wildman–Crippen LogP) is 3.43. The van der Waals surface area contributed by atoms with Crippen molar-refractivity contribution in [3.05, 3.63) is 29.5 Å². The van der Waals surface area contributed by atoms with Gasteiger partial charge in [-0.1, -0.05) is 0 Å². The van der Waals surface area contributed by atoms with Crippen molar-refractivity contribution in [2.75, 3.05) is 13.2 Å². The predicted molar refractivity (Wildman–Crippen MR) is 70.5 cm³/mol. The molecule has 0 saturated heterocycles. The van der Waals surface area contributed by atoms with Crippen LogP contribution < -0.4 is 10.1 Å². The quantitative estimate of drug-likeness (QED) is 0.941. The lowest BCUT2D eigenvalue weighted by molar-refractivity contribution is -0.123. The molecular weight excluding hydrogens is 287 g/mol. The molecule has 2 rings (SSSR count). The van der Waals surface area contributed by atoms with Gasteiger partial charge in [0, 0.05) is 10.9 Å². The third kappa shape index (κ3) is 3.48. The summed E-state index contributed by atoms with van der Waals surface area (Å²) < 4.78 is 47.0. The lowest BCUT2D eigenvalue weighted by atomic mass is 10.1. The molecular formula is C14H14F3NO3. The molecule has 0 aliphatic carbocycles. The molecule has 7 heteroatoms. The first-order valence-electron chi connectivity index (χ1n) is 6.32. The zero-order valence-corrected chi connectivity index (χ0v) is 11.5. The second kappa shape index (κ2) is 5.67. The van der Waals surface area contributed by atoms with Crippen LogP contribution in [0.3, 0.4) is 0 Å². The fourth-order valence-electron chi connectivity index (χ4n) is 1.93. The van der Waals surface area contributed by atoms with Crippen LogP contribution in [0.25, 0.3) is 11.0 Å². The number of carbonyl (C=O) groups excluding carboxylic acids is 1. The topological polar surface area (TPSA) is 51.5 Å². The summed E-state index contributed by atoms with van der Waals surface area (Å²) in [6.45, 7) is 2.54. The van der Waals surface area contributed by atoms with Crippen LogP contribution in [0.1, 0.15) is 23.0 Å². The molecule has 2 aromatic rings. The molecule has 21 heavy (non-hydrogen) atoms. The van der Waals surface area contributed by atoms with Gasteiger partial charge in [-0.2, -0.15) is 13.2 Å². The van der Waals surface area contributed by atoms with Gasteiger partial charge in [0.05, 0.1) is 6.61 Å². The van der Waals surface area contributed by atoms with E-state index in [4.69, 9.17) is 9.15 Å². The summed E-state index contributed by atoms with van der Waals surface area (Å²) >= 11 is 0. The van der Waals surface area contributed by atoms with Crippen LogP contribution in [0.15, 0.2) is 22.6 Å². The van der Waals surface area contributed by atoms with Crippen LogP contribution in [0.5, 0.6) is 5.75 Å². The fraction of sp³-hybridized carbons (Fsp3) is 0.357. The highest BCUT2D eigenvalue weighted by molar-refractivity contribution is 5.99. The fourth-order valence-corrected chi connectivity index (χ4v) is 1.93. The third-order valence-corrected chi connectivity index (χ3v) is 2.87. The van der Waals surface area contributed by atoms with Gasteiger partial charge in [0.25, 0.3) is 5.91 Å². The number of amides is 1. The first-order chi connectivity index (χ1) is 9.81. The van der Waals surface area contributed by atoms with Crippen LogP contribution in [0.4, 0.5) is 13.2 Å². The van der Waals surface area contributed by atoms with E-state index in [9.17, 15) is 18.0 Å². The van der Waals surface area contributed by atoms with E-state index in [1.54, 1.807) is 30.4 Å². The van der Waals surface area contributed by atoms with E-state index in [0.29, 0.717) is 28.9 Å². The SMILES string of the molecule is CCOc1ccc2oc(C(=O)NCC(F)(F)F)c(C)c2c1. The third-order valence-electron chi connectivity index (χ3n) is 2.87. The van der Waals surface area contributed by atoms with Gasteiger partial charge in [-0.25, -0.2) is 0 Å². The number of aryl methyl sites for hydroxylation is 1. The zero-order valence-electron chi connectivity index (χ0n) is 11.5. The Morgan fingerprint density at radius 2 is 2.10 bits per heavy atom. The van der Waals surface area contributed by atoms with Gasteiger partial charge in [0.2, 0.25) is 0 Å². The highest BCUT2D eigenvalue weighted by atomic mass is 19.4. The lowest BCUT2D eigenvalue weighted by Crippen LogP contribution is -2.33. The van der Waals surface area contributed by atoms with E-state index >= 15 is 0 Å². The van der Waals surface area contributed by atoms with E-state index in [1.807, 2.05) is 6.92 Å². The normalized spacial score (nSPS) is 11.7. The van der Waals surface area contributed by atoms with Gasteiger partial charge in [0.1, 0.15) is 17.9 Å². The molecule has 0 spiro atoms. The lowest BCUT2D eigenvalue weighted by Gasteiger charge is -2.06. The first kappa shape index (κ1) is 15.2. The minimum absolute atomic E-state index is 0.122. The summed E-state index contributed by atoms with van der Waals surface area (Å²) in [6, 6.07) is 4.98. The minimum atomic E-state index is -4.46. The van der Waals surface area contributed by atoms with Crippen molar-refractivity contribution in [3.8, 4) is 5.75 Å². The van der Waals surface area contributed by atoms with Gasteiger partial charge in [-0.05, 0) is 32.0 Å². The maximum absolute atomic E-state index is 12.1. The standard InChI is InChI=1S/C14H14F3NO3/c1-3-20-9-4-5-11-10(6-9)8(2)12(21-11)13(19)18-7-14(15,16)17/h4-6H,3,7H2,1-2H3,(H,18,19). The molecule has 1 N–H and O–H groups in total. The van der Waals surface area contributed by atoms with Crippen molar-refractivity contribution in [1.29, 1.82) is 0 Å². The Labute approximate surface area is 118 Å². The number of nitrogens with one attached hydrogen (secondary N) is 1. The van der Waals surface area contributed by atoms with Crippen LogP contribution in [-0.2, 0) is 0 Å². The molecule has 0 unspecified atom stereocenters. The summed E-state index contributed by atoms with van der Waals surface area (Å²) in [5, 5.41) is 2.43. The molecule has 1 heterocycles. The summed E-state index contributed by atoms with van der Waals surface area (Å²) in [5.41, 5.74) is 0.902. The van der Waals surface area contributed by atoms with Crippen molar-refractivity contribution >= 4 is 16.9 Å². The average molecular weight is 301 g/mol. The number of carbonyl (C=O) groups is 1. The summed E-state index contributed by atoms with van der Waals surface area (Å²) in [6.07, 6.45) is -4.46. The van der Waals surface area contributed by atoms with Gasteiger partial charge in [-0.15, -0.1) is 0 Å². The van der Waals surface area contributed by atoms with Crippen molar-refractivity contribution in [2.24, 2.45) is 0 Å². The highest BCUT2D eigenvalue weighted by Crippen LogP contribution is 2.29. The van der Waals surface area contributed by atoms with Crippen molar-refractivity contribution in [1.82, 2.24) is 5.32 Å². The number of alkyl halides is 3. The Morgan fingerprint density at radius 1 is 1.38 bits per heavy atom. The number of hydrogen-bond donors (Lipinski definition) is 1. The monoisotopic (exact) mass is 301 g/mol. The second-order valence-corrected chi connectivity index (χ2v) is 4.45. The first-order valence-corrected chi connectivity index (χ1v) is 6.32. The highest BCUT2D eigenvalue weighted by Gasteiger charge is 2.29. The van der Waals surface area contributed by atoms with Crippen LogP contribution in [-0.4, -0.2) is 25.2 Å². The molecule has 114 valence electrons. The molecule has 1 aromatic carbocycles. The van der Waals surface area contributed by atoms with E-state index in [2.05, 4.69) is 0 Å². The van der Waals surface area contributed by atoms with Gasteiger partial charge in [0.15, 0.2) is 5.76 Å². The van der Waals surface area contributed by atoms with Gasteiger partial charge < -0.3 is 14.5 Å². The Balaban J connectivity index is 2.28. The van der Waals surface area contributed by atoms with E-state index in [0.717, 1.165) is 0 Å². The van der Waals surface area contributed by atoms with Gasteiger partial charge >= 0.3 is 6.18 Å². The smallest absolute Gasteiger partial charge is 0.405 e. The van der Waals surface area contributed by atoms with Crippen molar-refractivity contribution in [2.45, 2.75) is 20.0 Å². The Kier molecular flexibility index (Phi) is 4.11. The summed E-state index contributed by atoms with van der Waals surface area (Å²) in [5.74, 6) is -0.405. The van der Waals surface area contributed by atoms with E-state index in [-0.39, 0.29) is 5.76 Å². The van der Waals surface area contributed by atoms with Crippen molar-refractivity contribution < 1.29 is 27.1 Å². The second-order valence-electron chi connectivity index (χ2n) is 4.45. The number of fused-ring (bicyclic) bond motifs is 1. The molecule has 0 atom stereocenters. The number of ether oxygens (including phenoxy) is 1. The number of rotatable bonds is 4. The molecule has 0 radical (unpaired) electrons.